The SMILES string of the molecule is CCCOc1cc(C(=O)Nc2ccc(C(=O)O)cc2OC(C)C)ccc1NC(=O)c1ccc(N)c(OCc2ccccc2)c1. The fourth-order valence-corrected chi connectivity index (χ4v) is 4.13. The highest BCUT2D eigenvalue weighted by Gasteiger charge is 2.18. The van der Waals surface area contributed by atoms with Gasteiger partial charge in [0.2, 0.25) is 0 Å². The van der Waals surface area contributed by atoms with E-state index in [0.29, 0.717) is 53.8 Å². The van der Waals surface area contributed by atoms with Crippen molar-refractivity contribution in [3.05, 3.63) is 107 Å². The molecule has 0 aliphatic carbocycles. The smallest absolute Gasteiger partial charge is 0.335 e. The van der Waals surface area contributed by atoms with E-state index in [0.717, 1.165) is 5.56 Å². The zero-order valence-electron chi connectivity index (χ0n) is 24.8. The van der Waals surface area contributed by atoms with Crippen molar-refractivity contribution in [1.29, 1.82) is 0 Å². The maximum Gasteiger partial charge on any atom is 0.335 e. The number of ether oxygens (including phenoxy) is 3. The number of hydrogen-bond donors (Lipinski definition) is 4. The van der Waals surface area contributed by atoms with Crippen molar-refractivity contribution >= 4 is 34.8 Å². The maximum atomic E-state index is 13.2. The summed E-state index contributed by atoms with van der Waals surface area (Å²) >= 11 is 0. The fourth-order valence-electron chi connectivity index (χ4n) is 4.13. The summed E-state index contributed by atoms with van der Waals surface area (Å²) in [5.74, 6) is -1.07. The molecule has 5 N–H and O–H groups in total. The number of nitrogen functional groups attached to an aromatic ring is 1. The topological polar surface area (TPSA) is 149 Å². The third kappa shape index (κ3) is 8.28. The first kappa shape index (κ1) is 31.4. The van der Waals surface area contributed by atoms with Crippen LogP contribution in [0.2, 0.25) is 0 Å². The summed E-state index contributed by atoms with van der Waals surface area (Å²) in [6, 6.07) is 23.3. The number of nitrogens with two attached hydrogens (primary N) is 1. The number of carboxylic acid groups (broad SMARTS) is 1. The average molecular weight is 598 g/mol. The minimum atomic E-state index is -1.11. The lowest BCUT2D eigenvalue weighted by Gasteiger charge is -2.17. The fraction of sp³-hybridized carbons (Fsp3) is 0.206. The van der Waals surface area contributed by atoms with E-state index in [2.05, 4.69) is 10.6 Å². The first-order valence-electron chi connectivity index (χ1n) is 14.1. The predicted molar refractivity (Wildman–Crippen MR) is 169 cm³/mol. The summed E-state index contributed by atoms with van der Waals surface area (Å²) in [5, 5.41) is 15.0. The van der Waals surface area contributed by atoms with E-state index >= 15 is 0 Å². The average Bonchev–Trinajstić information content (AvgIpc) is 3.01. The van der Waals surface area contributed by atoms with Gasteiger partial charge in [0.05, 0.1) is 35.3 Å². The Hall–Kier alpha value is -5.51. The molecule has 0 radical (unpaired) electrons. The van der Waals surface area contributed by atoms with Gasteiger partial charge in [-0.2, -0.15) is 0 Å². The van der Waals surface area contributed by atoms with Gasteiger partial charge in [0.1, 0.15) is 23.9 Å². The van der Waals surface area contributed by atoms with Gasteiger partial charge in [0.25, 0.3) is 11.8 Å². The first-order valence-corrected chi connectivity index (χ1v) is 14.1. The Bertz CT molecular complexity index is 1640. The van der Waals surface area contributed by atoms with Crippen LogP contribution in [0.25, 0.3) is 0 Å². The Kier molecular flexibility index (Phi) is 10.4. The van der Waals surface area contributed by atoms with Gasteiger partial charge in [0.15, 0.2) is 0 Å². The Morgan fingerprint density at radius 3 is 1.93 bits per heavy atom. The summed E-state index contributed by atoms with van der Waals surface area (Å²) in [6.45, 7) is 6.19. The van der Waals surface area contributed by atoms with E-state index in [-0.39, 0.29) is 23.0 Å². The van der Waals surface area contributed by atoms with Crippen LogP contribution in [0, 0.1) is 0 Å². The zero-order chi connectivity index (χ0) is 31.6. The lowest BCUT2D eigenvalue weighted by atomic mass is 10.1. The Labute approximate surface area is 255 Å². The summed E-state index contributed by atoms with van der Waals surface area (Å²) < 4.78 is 17.5. The number of amides is 2. The molecule has 0 fully saturated rings. The van der Waals surface area contributed by atoms with Gasteiger partial charge in [0, 0.05) is 11.1 Å². The van der Waals surface area contributed by atoms with Crippen molar-refractivity contribution in [1.82, 2.24) is 0 Å². The highest BCUT2D eigenvalue weighted by atomic mass is 16.5. The minimum absolute atomic E-state index is 0.0324. The molecule has 0 aliphatic heterocycles. The molecule has 228 valence electrons. The van der Waals surface area contributed by atoms with Gasteiger partial charge in [-0.25, -0.2) is 4.79 Å². The number of nitrogens with one attached hydrogen (secondary N) is 2. The summed E-state index contributed by atoms with van der Waals surface area (Å²) in [4.78, 5) is 37.9. The van der Waals surface area contributed by atoms with Gasteiger partial charge < -0.3 is 35.7 Å². The van der Waals surface area contributed by atoms with Crippen LogP contribution in [0.1, 0.15) is 63.8 Å². The van der Waals surface area contributed by atoms with E-state index in [1.807, 2.05) is 37.3 Å². The second-order valence-electron chi connectivity index (χ2n) is 10.2. The van der Waals surface area contributed by atoms with Crippen LogP contribution in [-0.2, 0) is 6.61 Å². The Balaban J connectivity index is 1.53. The van der Waals surface area contributed by atoms with Gasteiger partial charge in [-0.3, -0.25) is 9.59 Å². The number of carbonyl (C=O) groups is 3. The molecule has 0 bridgehead atoms. The summed E-state index contributed by atoms with van der Waals surface area (Å²) in [7, 11) is 0. The molecule has 10 nitrogen and oxygen atoms in total. The monoisotopic (exact) mass is 597 g/mol. The minimum Gasteiger partial charge on any atom is -0.491 e. The van der Waals surface area contributed by atoms with Gasteiger partial charge in [-0.1, -0.05) is 37.3 Å². The van der Waals surface area contributed by atoms with Gasteiger partial charge >= 0.3 is 5.97 Å². The van der Waals surface area contributed by atoms with E-state index in [1.165, 1.54) is 24.3 Å². The molecule has 0 saturated heterocycles. The largest absolute Gasteiger partial charge is 0.491 e. The third-order valence-electron chi connectivity index (χ3n) is 6.31. The van der Waals surface area contributed by atoms with Crippen LogP contribution in [-0.4, -0.2) is 35.6 Å². The second kappa shape index (κ2) is 14.6. The van der Waals surface area contributed by atoms with Crippen molar-refractivity contribution in [3.63, 3.8) is 0 Å². The van der Waals surface area contributed by atoms with Crippen LogP contribution in [0.3, 0.4) is 0 Å². The van der Waals surface area contributed by atoms with E-state index in [1.54, 1.807) is 44.2 Å². The van der Waals surface area contributed by atoms with Crippen LogP contribution in [0.15, 0.2) is 84.9 Å². The molecular weight excluding hydrogens is 562 g/mol. The van der Waals surface area contributed by atoms with E-state index in [4.69, 9.17) is 19.9 Å². The molecule has 10 heteroatoms. The number of anilines is 3. The van der Waals surface area contributed by atoms with Gasteiger partial charge in [-0.15, -0.1) is 0 Å². The van der Waals surface area contributed by atoms with Gasteiger partial charge in [-0.05, 0) is 80.4 Å². The Morgan fingerprint density at radius 1 is 0.750 bits per heavy atom. The molecule has 4 rings (SSSR count). The predicted octanol–water partition coefficient (Wildman–Crippen LogP) is 6.63. The number of hydrogen-bond acceptors (Lipinski definition) is 7. The van der Waals surface area contributed by atoms with Crippen LogP contribution >= 0.6 is 0 Å². The lowest BCUT2D eigenvalue weighted by molar-refractivity contribution is 0.0695. The highest BCUT2D eigenvalue weighted by Crippen LogP contribution is 2.31. The standard InChI is InChI=1S/C34H35N3O7/c1-4-16-42-30-18-24(33(39)37-28-15-12-25(34(40)41)19-31(28)44-21(2)3)11-14-27(30)36-32(38)23-10-13-26(35)29(17-23)43-20-22-8-6-5-7-9-22/h5-15,17-19,21H,4,16,20,35H2,1-3H3,(H,36,38)(H,37,39)(H,40,41). The van der Waals surface area contributed by atoms with E-state index < -0.39 is 17.8 Å². The Morgan fingerprint density at radius 2 is 1.32 bits per heavy atom. The van der Waals surface area contributed by atoms with Crippen molar-refractivity contribution < 1.29 is 33.7 Å². The van der Waals surface area contributed by atoms with Crippen LogP contribution in [0.5, 0.6) is 17.2 Å². The molecule has 4 aromatic rings. The second-order valence-corrected chi connectivity index (χ2v) is 10.2. The van der Waals surface area contributed by atoms with Crippen molar-refractivity contribution in [2.45, 2.75) is 39.9 Å². The molecular formula is C34H35N3O7. The van der Waals surface area contributed by atoms with Crippen molar-refractivity contribution in [2.24, 2.45) is 0 Å². The summed E-state index contributed by atoms with van der Waals surface area (Å²) in [5.41, 5.74) is 8.76. The zero-order valence-corrected chi connectivity index (χ0v) is 24.8. The molecule has 0 spiro atoms. The first-order chi connectivity index (χ1) is 21.1. The van der Waals surface area contributed by atoms with Crippen molar-refractivity contribution in [2.75, 3.05) is 23.0 Å². The normalized spacial score (nSPS) is 10.6. The molecule has 0 aliphatic rings. The molecule has 0 atom stereocenters. The molecule has 0 unspecified atom stereocenters. The van der Waals surface area contributed by atoms with Crippen molar-refractivity contribution in [3.8, 4) is 17.2 Å². The number of rotatable bonds is 13. The molecule has 0 aromatic heterocycles. The highest BCUT2D eigenvalue weighted by molar-refractivity contribution is 6.08. The number of carboxylic acids is 1. The third-order valence-corrected chi connectivity index (χ3v) is 6.31. The number of aromatic carboxylic acids is 1. The number of carbonyl (C=O) groups excluding carboxylic acids is 2. The van der Waals surface area contributed by atoms with Crippen LogP contribution < -0.4 is 30.6 Å². The number of benzene rings is 4. The van der Waals surface area contributed by atoms with Crippen LogP contribution in [0.4, 0.5) is 17.1 Å². The molecule has 0 heterocycles. The maximum absolute atomic E-state index is 13.2. The quantitative estimate of drug-likeness (QED) is 0.126. The summed E-state index contributed by atoms with van der Waals surface area (Å²) in [6.07, 6.45) is 0.453. The molecule has 44 heavy (non-hydrogen) atoms. The molecule has 2 amide bonds. The lowest BCUT2D eigenvalue weighted by Crippen LogP contribution is -2.17. The molecule has 4 aromatic carbocycles. The van der Waals surface area contributed by atoms with E-state index in [9.17, 15) is 19.5 Å². The molecule has 0 saturated carbocycles.